The summed E-state index contributed by atoms with van der Waals surface area (Å²) < 4.78 is 5.83. The lowest BCUT2D eigenvalue weighted by atomic mass is 9.94. The van der Waals surface area contributed by atoms with Crippen LogP contribution >= 0.6 is 0 Å². The molecule has 0 aliphatic heterocycles. The maximum Gasteiger partial charge on any atom is 0.271 e. The molecule has 1 aromatic rings. The Bertz CT molecular complexity index is 459. The smallest absolute Gasteiger partial charge is 0.271 e. The summed E-state index contributed by atoms with van der Waals surface area (Å²) in [5.41, 5.74) is 6.74. The number of hydrogen-bond donors (Lipinski definition) is 2. The predicted octanol–water partition coefficient (Wildman–Crippen LogP) is 2.68. The van der Waals surface area contributed by atoms with E-state index >= 15 is 0 Å². The molecule has 0 spiro atoms. The van der Waals surface area contributed by atoms with Crippen LogP contribution in [0.5, 0.6) is 0 Å². The Balaban J connectivity index is 1.61. The van der Waals surface area contributed by atoms with Gasteiger partial charge in [0.1, 0.15) is 0 Å². The van der Waals surface area contributed by atoms with Gasteiger partial charge in [0, 0.05) is 37.0 Å². The minimum atomic E-state index is -0.387. The fourth-order valence-corrected chi connectivity index (χ4v) is 2.54. The molecule has 1 aliphatic rings. The van der Waals surface area contributed by atoms with Gasteiger partial charge in [0.15, 0.2) is 0 Å². The number of nitrogens with zero attached hydrogens (tertiary/aromatic N) is 1. The Labute approximate surface area is 124 Å². The zero-order valence-corrected chi connectivity index (χ0v) is 12.2. The highest BCUT2D eigenvalue weighted by molar-refractivity contribution is 5.50. The molecule has 1 aromatic carbocycles. The van der Waals surface area contributed by atoms with E-state index in [1.165, 1.54) is 6.07 Å². The van der Waals surface area contributed by atoms with Crippen LogP contribution < -0.4 is 11.1 Å². The Morgan fingerprint density at radius 1 is 1.33 bits per heavy atom. The van der Waals surface area contributed by atoms with Crippen molar-refractivity contribution in [2.45, 2.75) is 44.2 Å². The van der Waals surface area contributed by atoms with Gasteiger partial charge < -0.3 is 15.8 Å². The topological polar surface area (TPSA) is 90.4 Å². The second kappa shape index (κ2) is 7.95. The Hall–Kier alpha value is -1.66. The summed E-state index contributed by atoms with van der Waals surface area (Å²) in [7, 11) is 0. The molecule has 1 saturated carbocycles. The molecule has 0 unspecified atom stereocenters. The van der Waals surface area contributed by atoms with Crippen LogP contribution in [0.1, 0.15) is 32.1 Å². The van der Waals surface area contributed by atoms with Gasteiger partial charge in [0.05, 0.1) is 11.0 Å². The SMILES string of the molecule is NC1CCC(OCCCNc2cccc([N+](=O)[O-])c2)CC1. The van der Waals surface area contributed by atoms with Crippen molar-refractivity contribution in [3.05, 3.63) is 34.4 Å². The fraction of sp³-hybridized carbons (Fsp3) is 0.600. The van der Waals surface area contributed by atoms with Crippen LogP contribution in [-0.4, -0.2) is 30.2 Å². The molecule has 0 heterocycles. The Morgan fingerprint density at radius 2 is 2.10 bits per heavy atom. The molecule has 2 rings (SSSR count). The van der Waals surface area contributed by atoms with Crippen LogP contribution in [0.25, 0.3) is 0 Å². The number of non-ortho nitro benzene ring substituents is 1. The zero-order valence-electron chi connectivity index (χ0n) is 12.2. The van der Waals surface area contributed by atoms with E-state index in [2.05, 4.69) is 5.32 Å². The standard InChI is InChI=1S/C15H23N3O3/c16-12-5-7-15(8-6-12)21-10-2-9-17-13-3-1-4-14(11-13)18(19)20/h1,3-4,11-12,15,17H,2,5-10,16H2. The van der Waals surface area contributed by atoms with E-state index in [0.29, 0.717) is 18.8 Å². The first kappa shape index (κ1) is 15.7. The minimum Gasteiger partial charge on any atom is -0.385 e. The van der Waals surface area contributed by atoms with E-state index in [9.17, 15) is 10.1 Å². The summed E-state index contributed by atoms with van der Waals surface area (Å²) in [5.74, 6) is 0. The number of nitro groups is 1. The number of rotatable bonds is 7. The van der Waals surface area contributed by atoms with E-state index in [-0.39, 0.29) is 10.6 Å². The molecule has 6 nitrogen and oxygen atoms in total. The van der Waals surface area contributed by atoms with Gasteiger partial charge in [-0.3, -0.25) is 10.1 Å². The van der Waals surface area contributed by atoms with Gasteiger partial charge in [-0.25, -0.2) is 0 Å². The number of anilines is 1. The van der Waals surface area contributed by atoms with Crippen molar-refractivity contribution in [3.8, 4) is 0 Å². The minimum absolute atomic E-state index is 0.106. The van der Waals surface area contributed by atoms with Crippen LogP contribution in [0.4, 0.5) is 11.4 Å². The zero-order chi connectivity index (χ0) is 15.1. The molecule has 0 saturated heterocycles. The molecule has 21 heavy (non-hydrogen) atoms. The third-order valence-electron chi connectivity index (χ3n) is 3.78. The summed E-state index contributed by atoms with van der Waals surface area (Å²) in [6.45, 7) is 1.45. The Kier molecular flexibility index (Phi) is 5.95. The summed E-state index contributed by atoms with van der Waals surface area (Å²) in [4.78, 5) is 10.3. The van der Waals surface area contributed by atoms with E-state index in [4.69, 9.17) is 10.5 Å². The fourth-order valence-electron chi connectivity index (χ4n) is 2.54. The molecule has 1 fully saturated rings. The third-order valence-corrected chi connectivity index (χ3v) is 3.78. The van der Waals surface area contributed by atoms with E-state index in [0.717, 1.165) is 44.3 Å². The average molecular weight is 293 g/mol. The molecule has 0 amide bonds. The normalized spacial score (nSPS) is 22.0. The molecular weight excluding hydrogens is 270 g/mol. The summed E-state index contributed by atoms with van der Waals surface area (Å²) in [5, 5.41) is 13.9. The van der Waals surface area contributed by atoms with Crippen LogP contribution in [0, 0.1) is 10.1 Å². The van der Waals surface area contributed by atoms with Crippen molar-refractivity contribution in [1.82, 2.24) is 0 Å². The lowest BCUT2D eigenvalue weighted by molar-refractivity contribution is -0.384. The van der Waals surface area contributed by atoms with Gasteiger partial charge in [-0.15, -0.1) is 0 Å². The van der Waals surface area contributed by atoms with Gasteiger partial charge in [0.25, 0.3) is 5.69 Å². The highest BCUT2D eigenvalue weighted by atomic mass is 16.6. The van der Waals surface area contributed by atoms with Crippen molar-refractivity contribution >= 4 is 11.4 Å². The molecule has 6 heteroatoms. The molecular formula is C15H23N3O3. The Morgan fingerprint density at radius 3 is 2.81 bits per heavy atom. The van der Waals surface area contributed by atoms with Crippen molar-refractivity contribution < 1.29 is 9.66 Å². The second-order valence-corrected chi connectivity index (χ2v) is 5.50. The van der Waals surface area contributed by atoms with E-state index in [1.807, 2.05) is 6.07 Å². The monoisotopic (exact) mass is 293 g/mol. The molecule has 0 atom stereocenters. The molecule has 0 radical (unpaired) electrons. The molecule has 1 aliphatic carbocycles. The van der Waals surface area contributed by atoms with Crippen molar-refractivity contribution in [2.24, 2.45) is 5.73 Å². The maximum absolute atomic E-state index is 10.7. The highest BCUT2D eigenvalue weighted by Gasteiger charge is 2.18. The van der Waals surface area contributed by atoms with Crippen molar-refractivity contribution in [3.63, 3.8) is 0 Å². The third kappa shape index (κ3) is 5.32. The lowest BCUT2D eigenvalue weighted by Crippen LogP contribution is -2.30. The highest BCUT2D eigenvalue weighted by Crippen LogP contribution is 2.20. The first-order valence-electron chi connectivity index (χ1n) is 7.50. The second-order valence-electron chi connectivity index (χ2n) is 5.50. The van der Waals surface area contributed by atoms with Crippen LogP contribution in [0.3, 0.4) is 0 Å². The largest absolute Gasteiger partial charge is 0.385 e. The average Bonchev–Trinajstić information content (AvgIpc) is 2.49. The number of hydrogen-bond acceptors (Lipinski definition) is 5. The first-order valence-corrected chi connectivity index (χ1v) is 7.50. The quantitative estimate of drug-likeness (QED) is 0.458. The van der Waals surface area contributed by atoms with Gasteiger partial charge in [0.2, 0.25) is 0 Å². The predicted molar refractivity (Wildman–Crippen MR) is 82.4 cm³/mol. The number of ether oxygens (including phenoxy) is 1. The summed E-state index contributed by atoms with van der Waals surface area (Å²) in [6, 6.07) is 6.89. The summed E-state index contributed by atoms with van der Waals surface area (Å²) in [6.07, 6.45) is 5.44. The number of benzene rings is 1. The van der Waals surface area contributed by atoms with E-state index < -0.39 is 0 Å². The first-order chi connectivity index (χ1) is 10.1. The summed E-state index contributed by atoms with van der Waals surface area (Å²) >= 11 is 0. The number of nitrogens with two attached hydrogens (primary N) is 1. The molecule has 0 aromatic heterocycles. The van der Waals surface area contributed by atoms with Gasteiger partial charge in [-0.2, -0.15) is 0 Å². The molecule has 3 N–H and O–H groups in total. The van der Waals surface area contributed by atoms with Gasteiger partial charge in [-0.1, -0.05) is 6.07 Å². The van der Waals surface area contributed by atoms with Crippen LogP contribution in [-0.2, 0) is 4.74 Å². The number of nitrogens with one attached hydrogen (secondary N) is 1. The van der Waals surface area contributed by atoms with Crippen molar-refractivity contribution in [2.75, 3.05) is 18.5 Å². The van der Waals surface area contributed by atoms with E-state index in [1.54, 1.807) is 12.1 Å². The van der Waals surface area contributed by atoms with Crippen LogP contribution in [0.2, 0.25) is 0 Å². The van der Waals surface area contributed by atoms with Crippen LogP contribution in [0.15, 0.2) is 24.3 Å². The molecule has 0 bridgehead atoms. The number of nitro benzene ring substituents is 1. The van der Waals surface area contributed by atoms with Gasteiger partial charge >= 0.3 is 0 Å². The lowest BCUT2D eigenvalue weighted by Gasteiger charge is -2.26. The molecule has 116 valence electrons. The van der Waals surface area contributed by atoms with Crippen molar-refractivity contribution in [1.29, 1.82) is 0 Å². The van der Waals surface area contributed by atoms with Gasteiger partial charge in [-0.05, 0) is 38.2 Å². The maximum atomic E-state index is 10.7.